The Morgan fingerprint density at radius 2 is 1.94 bits per heavy atom. The first-order valence-corrected chi connectivity index (χ1v) is 6.93. The number of hydrogen-bond acceptors (Lipinski definition) is 4. The van der Waals surface area contributed by atoms with Crippen LogP contribution in [0.5, 0.6) is 0 Å². The fourth-order valence-electron chi connectivity index (χ4n) is 1.57. The van der Waals surface area contributed by atoms with Crippen LogP contribution in [-0.4, -0.2) is 37.0 Å². The van der Waals surface area contributed by atoms with Gasteiger partial charge >= 0.3 is 5.97 Å². The highest BCUT2D eigenvalue weighted by Crippen LogP contribution is 2.19. The number of methoxy groups -OCH3 is 1. The van der Waals surface area contributed by atoms with Gasteiger partial charge < -0.3 is 9.64 Å². The van der Waals surface area contributed by atoms with Gasteiger partial charge in [-0.15, -0.1) is 11.3 Å². The van der Waals surface area contributed by atoms with Gasteiger partial charge in [0.25, 0.3) is 5.91 Å². The summed E-state index contributed by atoms with van der Waals surface area (Å²) >= 11 is 1.19. The van der Waals surface area contributed by atoms with Crippen molar-refractivity contribution in [3.8, 4) is 0 Å². The van der Waals surface area contributed by atoms with Gasteiger partial charge in [-0.3, -0.25) is 4.79 Å². The van der Waals surface area contributed by atoms with E-state index in [-0.39, 0.29) is 5.91 Å². The van der Waals surface area contributed by atoms with Gasteiger partial charge in [-0.25, -0.2) is 4.79 Å². The highest BCUT2D eigenvalue weighted by Gasteiger charge is 2.18. The van der Waals surface area contributed by atoms with Crippen LogP contribution in [0.1, 0.15) is 46.0 Å². The molecule has 1 aromatic heterocycles. The number of hydrogen-bond donors (Lipinski definition) is 0. The number of thiophene rings is 1. The van der Waals surface area contributed by atoms with Gasteiger partial charge in [0.15, 0.2) is 0 Å². The molecule has 0 aliphatic rings. The van der Waals surface area contributed by atoms with Gasteiger partial charge in [0, 0.05) is 13.1 Å². The van der Waals surface area contributed by atoms with E-state index in [4.69, 9.17) is 0 Å². The zero-order valence-corrected chi connectivity index (χ0v) is 11.9. The van der Waals surface area contributed by atoms with Gasteiger partial charge in [-0.05, 0) is 25.5 Å². The highest BCUT2D eigenvalue weighted by molar-refractivity contribution is 7.15. The second-order valence-electron chi connectivity index (χ2n) is 3.89. The summed E-state index contributed by atoms with van der Waals surface area (Å²) in [5, 5.41) is 0. The van der Waals surface area contributed by atoms with E-state index in [9.17, 15) is 9.59 Å². The average molecular weight is 269 g/mol. The lowest BCUT2D eigenvalue weighted by Crippen LogP contribution is -2.31. The summed E-state index contributed by atoms with van der Waals surface area (Å²) < 4.78 is 4.63. The monoisotopic (exact) mass is 269 g/mol. The fraction of sp³-hybridized carbons (Fsp3) is 0.538. The Kier molecular flexibility index (Phi) is 5.85. The van der Waals surface area contributed by atoms with Gasteiger partial charge in [0.1, 0.15) is 4.88 Å². The average Bonchev–Trinajstić information content (AvgIpc) is 2.88. The molecule has 0 radical (unpaired) electrons. The third-order valence-electron chi connectivity index (χ3n) is 2.65. The molecule has 4 nitrogen and oxygen atoms in total. The summed E-state index contributed by atoms with van der Waals surface area (Å²) in [6, 6.07) is 3.32. The second-order valence-corrected chi connectivity index (χ2v) is 4.98. The molecular weight excluding hydrogens is 250 g/mol. The zero-order valence-electron chi connectivity index (χ0n) is 11.1. The molecule has 0 aromatic carbocycles. The van der Waals surface area contributed by atoms with Crippen LogP contribution in [0.2, 0.25) is 0 Å². The van der Waals surface area contributed by atoms with Crippen LogP contribution in [0.3, 0.4) is 0 Å². The van der Waals surface area contributed by atoms with Crippen molar-refractivity contribution in [2.24, 2.45) is 0 Å². The minimum Gasteiger partial charge on any atom is -0.465 e. The lowest BCUT2D eigenvalue weighted by molar-refractivity contribution is 0.0606. The smallest absolute Gasteiger partial charge is 0.348 e. The van der Waals surface area contributed by atoms with Crippen LogP contribution >= 0.6 is 11.3 Å². The van der Waals surface area contributed by atoms with E-state index in [1.54, 1.807) is 17.0 Å². The molecule has 1 aromatic rings. The summed E-state index contributed by atoms with van der Waals surface area (Å²) in [6.07, 6.45) is 2.05. The number of ether oxygens (including phenoxy) is 1. The van der Waals surface area contributed by atoms with E-state index >= 15 is 0 Å². The first-order chi connectivity index (χ1) is 8.63. The highest BCUT2D eigenvalue weighted by atomic mass is 32.1. The predicted molar refractivity (Wildman–Crippen MR) is 72.1 cm³/mol. The summed E-state index contributed by atoms with van der Waals surface area (Å²) in [5.41, 5.74) is 0. The van der Waals surface area contributed by atoms with E-state index in [1.165, 1.54) is 18.4 Å². The molecule has 0 saturated heterocycles. The van der Waals surface area contributed by atoms with E-state index < -0.39 is 5.97 Å². The van der Waals surface area contributed by atoms with Crippen molar-refractivity contribution >= 4 is 23.2 Å². The molecule has 100 valence electrons. The molecule has 0 unspecified atom stereocenters. The van der Waals surface area contributed by atoms with Gasteiger partial charge in [0.05, 0.1) is 12.0 Å². The lowest BCUT2D eigenvalue weighted by atomic mass is 10.3. The topological polar surface area (TPSA) is 46.6 Å². The Labute approximate surface area is 112 Å². The van der Waals surface area contributed by atoms with Crippen LogP contribution in [0.4, 0.5) is 0 Å². The van der Waals surface area contributed by atoms with E-state index in [1.807, 2.05) is 6.92 Å². The summed E-state index contributed by atoms with van der Waals surface area (Å²) in [7, 11) is 1.34. The third kappa shape index (κ3) is 3.57. The Bertz CT molecular complexity index is 414. The normalized spacial score (nSPS) is 10.2. The summed E-state index contributed by atoms with van der Waals surface area (Å²) in [6.45, 7) is 5.50. The Morgan fingerprint density at radius 1 is 1.28 bits per heavy atom. The number of rotatable bonds is 6. The maximum atomic E-state index is 12.2. The first kappa shape index (κ1) is 14.7. The molecule has 0 saturated carbocycles. The number of carbonyl (C=O) groups is 2. The molecule has 18 heavy (non-hydrogen) atoms. The minimum atomic E-state index is -0.393. The van der Waals surface area contributed by atoms with E-state index in [0.29, 0.717) is 16.3 Å². The van der Waals surface area contributed by atoms with Crippen LogP contribution in [0, 0.1) is 0 Å². The standard InChI is InChI=1S/C13H19NO3S/c1-4-6-9-14(5-2)12(15)10-7-8-11(18-10)13(16)17-3/h7-8H,4-6,9H2,1-3H3. The van der Waals surface area contributed by atoms with Crippen molar-refractivity contribution in [3.05, 3.63) is 21.9 Å². The molecule has 0 aliphatic carbocycles. The van der Waals surface area contributed by atoms with Crippen LogP contribution in [0.25, 0.3) is 0 Å². The van der Waals surface area contributed by atoms with Crippen molar-refractivity contribution in [1.82, 2.24) is 4.90 Å². The molecule has 0 N–H and O–H groups in total. The van der Waals surface area contributed by atoms with Crippen molar-refractivity contribution in [2.45, 2.75) is 26.7 Å². The molecule has 0 atom stereocenters. The quantitative estimate of drug-likeness (QED) is 0.746. The third-order valence-corrected chi connectivity index (χ3v) is 3.71. The number of esters is 1. The SMILES string of the molecule is CCCCN(CC)C(=O)c1ccc(C(=O)OC)s1. The van der Waals surface area contributed by atoms with Crippen molar-refractivity contribution in [1.29, 1.82) is 0 Å². The van der Waals surface area contributed by atoms with Crippen molar-refractivity contribution in [2.75, 3.05) is 20.2 Å². The summed E-state index contributed by atoms with van der Waals surface area (Å²) in [4.78, 5) is 26.4. The molecule has 5 heteroatoms. The van der Waals surface area contributed by atoms with Gasteiger partial charge in [-0.2, -0.15) is 0 Å². The second kappa shape index (κ2) is 7.16. The Morgan fingerprint density at radius 3 is 2.50 bits per heavy atom. The molecule has 1 heterocycles. The van der Waals surface area contributed by atoms with Gasteiger partial charge in [-0.1, -0.05) is 13.3 Å². The largest absolute Gasteiger partial charge is 0.465 e. The van der Waals surface area contributed by atoms with Crippen LogP contribution < -0.4 is 0 Å². The zero-order chi connectivity index (χ0) is 13.5. The minimum absolute atomic E-state index is 0.00824. The van der Waals surface area contributed by atoms with E-state index in [0.717, 1.165) is 19.4 Å². The maximum absolute atomic E-state index is 12.2. The number of nitrogens with zero attached hydrogens (tertiary/aromatic N) is 1. The number of amides is 1. The lowest BCUT2D eigenvalue weighted by Gasteiger charge is -2.19. The fourth-order valence-corrected chi connectivity index (χ4v) is 2.46. The Hall–Kier alpha value is -1.36. The predicted octanol–water partition coefficient (Wildman–Crippen LogP) is 2.80. The number of carbonyl (C=O) groups excluding carboxylic acids is 2. The van der Waals surface area contributed by atoms with Gasteiger partial charge in [0.2, 0.25) is 0 Å². The summed E-state index contributed by atoms with van der Waals surface area (Å²) in [5.74, 6) is -0.401. The molecule has 0 aliphatic heterocycles. The Balaban J connectivity index is 2.76. The number of unbranched alkanes of at least 4 members (excludes halogenated alkanes) is 1. The molecule has 1 rings (SSSR count). The van der Waals surface area contributed by atoms with E-state index in [2.05, 4.69) is 11.7 Å². The molecule has 0 fully saturated rings. The van der Waals surface area contributed by atoms with Crippen LogP contribution in [0.15, 0.2) is 12.1 Å². The molecule has 0 bridgehead atoms. The maximum Gasteiger partial charge on any atom is 0.348 e. The van der Waals surface area contributed by atoms with Crippen LogP contribution in [-0.2, 0) is 4.74 Å². The molecular formula is C13H19NO3S. The molecule has 0 spiro atoms. The van der Waals surface area contributed by atoms with Crippen molar-refractivity contribution in [3.63, 3.8) is 0 Å². The first-order valence-electron chi connectivity index (χ1n) is 6.11. The van der Waals surface area contributed by atoms with Crippen molar-refractivity contribution < 1.29 is 14.3 Å². The molecule has 1 amide bonds.